The van der Waals surface area contributed by atoms with Gasteiger partial charge in [0.25, 0.3) is 0 Å². The lowest BCUT2D eigenvalue weighted by Gasteiger charge is -2.34. The van der Waals surface area contributed by atoms with Crippen LogP contribution >= 0.6 is 0 Å². The molecule has 0 bridgehead atoms. The van der Waals surface area contributed by atoms with Gasteiger partial charge in [-0.1, -0.05) is 0 Å². The molecule has 17 heavy (non-hydrogen) atoms. The Labute approximate surface area is 102 Å². The van der Waals surface area contributed by atoms with Crippen molar-refractivity contribution in [1.29, 1.82) is 0 Å². The minimum atomic E-state index is 0.652. The van der Waals surface area contributed by atoms with E-state index in [1.54, 1.807) is 0 Å². The highest BCUT2D eigenvalue weighted by molar-refractivity contribution is 5.57. The largest absolute Gasteiger partial charge is 0.486 e. The van der Waals surface area contributed by atoms with Crippen molar-refractivity contribution in [3.05, 3.63) is 18.2 Å². The summed E-state index contributed by atoms with van der Waals surface area (Å²) >= 11 is 0. The number of rotatable bonds is 1. The first-order valence-electron chi connectivity index (χ1n) is 6.16. The van der Waals surface area contributed by atoms with Gasteiger partial charge in [0.2, 0.25) is 0 Å². The lowest BCUT2D eigenvalue weighted by atomic mass is 10.2. The molecule has 0 aromatic heterocycles. The smallest absolute Gasteiger partial charge is 0.163 e. The molecule has 1 fully saturated rings. The Morgan fingerprint density at radius 2 is 1.65 bits per heavy atom. The summed E-state index contributed by atoms with van der Waals surface area (Å²) in [6.07, 6.45) is 0. The first kappa shape index (κ1) is 10.7. The third kappa shape index (κ3) is 2.17. The van der Waals surface area contributed by atoms with E-state index in [2.05, 4.69) is 29.0 Å². The van der Waals surface area contributed by atoms with Crippen molar-refractivity contribution >= 4 is 5.69 Å². The van der Waals surface area contributed by atoms with Gasteiger partial charge in [-0.3, -0.25) is 0 Å². The molecule has 0 amide bonds. The van der Waals surface area contributed by atoms with Crippen LogP contribution in [0.2, 0.25) is 0 Å². The number of hydrogen-bond donors (Lipinski definition) is 0. The van der Waals surface area contributed by atoms with Gasteiger partial charge in [0.1, 0.15) is 13.2 Å². The average Bonchev–Trinajstić information content (AvgIpc) is 2.39. The number of benzene rings is 1. The van der Waals surface area contributed by atoms with Gasteiger partial charge >= 0.3 is 0 Å². The predicted molar refractivity (Wildman–Crippen MR) is 67.1 cm³/mol. The van der Waals surface area contributed by atoms with Gasteiger partial charge in [-0.2, -0.15) is 0 Å². The van der Waals surface area contributed by atoms with Crippen LogP contribution in [0.1, 0.15) is 0 Å². The van der Waals surface area contributed by atoms with Crippen molar-refractivity contribution in [2.24, 2.45) is 0 Å². The molecular weight excluding hydrogens is 216 g/mol. The van der Waals surface area contributed by atoms with Gasteiger partial charge in [0.15, 0.2) is 11.5 Å². The molecule has 4 nitrogen and oxygen atoms in total. The lowest BCUT2D eigenvalue weighted by Crippen LogP contribution is -2.44. The molecule has 2 aliphatic rings. The van der Waals surface area contributed by atoms with Crippen LogP contribution in [0.15, 0.2) is 18.2 Å². The first-order valence-corrected chi connectivity index (χ1v) is 6.16. The first-order chi connectivity index (χ1) is 8.33. The topological polar surface area (TPSA) is 24.9 Å². The number of likely N-dealkylation sites (N-methyl/N-ethyl adjacent to an activating group) is 1. The van der Waals surface area contributed by atoms with E-state index in [9.17, 15) is 0 Å². The van der Waals surface area contributed by atoms with Gasteiger partial charge in [-0.25, -0.2) is 0 Å². The third-order valence-corrected chi connectivity index (χ3v) is 3.39. The van der Waals surface area contributed by atoms with E-state index in [1.165, 1.54) is 5.69 Å². The molecule has 1 saturated heterocycles. The second-order valence-electron chi connectivity index (χ2n) is 4.62. The molecule has 3 rings (SSSR count). The molecule has 2 heterocycles. The maximum Gasteiger partial charge on any atom is 0.163 e. The summed E-state index contributed by atoms with van der Waals surface area (Å²) in [4.78, 5) is 4.76. The van der Waals surface area contributed by atoms with Gasteiger partial charge in [0.05, 0.1) is 0 Å². The van der Waals surface area contributed by atoms with Gasteiger partial charge in [0, 0.05) is 37.9 Å². The molecule has 0 atom stereocenters. The predicted octanol–water partition coefficient (Wildman–Crippen LogP) is 1.21. The summed E-state index contributed by atoms with van der Waals surface area (Å²) in [7, 11) is 2.17. The Balaban J connectivity index is 1.79. The normalized spacial score (nSPS) is 20.4. The summed E-state index contributed by atoms with van der Waals surface area (Å²) in [6.45, 7) is 5.70. The minimum absolute atomic E-state index is 0.652. The van der Waals surface area contributed by atoms with Crippen LogP contribution in [-0.2, 0) is 0 Å². The molecule has 92 valence electrons. The zero-order valence-electron chi connectivity index (χ0n) is 10.2. The van der Waals surface area contributed by atoms with Crippen molar-refractivity contribution in [3.8, 4) is 11.5 Å². The lowest BCUT2D eigenvalue weighted by molar-refractivity contribution is 0.171. The molecule has 0 spiro atoms. The maximum absolute atomic E-state index is 5.61. The number of fused-ring (bicyclic) bond motifs is 1. The summed E-state index contributed by atoms with van der Waals surface area (Å²) in [6, 6.07) is 6.24. The van der Waals surface area contributed by atoms with E-state index in [1.807, 2.05) is 6.07 Å². The molecule has 0 radical (unpaired) electrons. The molecule has 0 saturated carbocycles. The van der Waals surface area contributed by atoms with Crippen molar-refractivity contribution in [2.45, 2.75) is 0 Å². The monoisotopic (exact) mass is 234 g/mol. The highest BCUT2D eigenvalue weighted by atomic mass is 16.6. The Kier molecular flexibility index (Phi) is 2.81. The molecule has 4 heteroatoms. The number of piperazine rings is 1. The number of hydrogen-bond acceptors (Lipinski definition) is 4. The maximum atomic E-state index is 5.61. The fourth-order valence-corrected chi connectivity index (χ4v) is 2.29. The van der Waals surface area contributed by atoms with Crippen molar-refractivity contribution in [1.82, 2.24) is 4.90 Å². The minimum Gasteiger partial charge on any atom is -0.486 e. The van der Waals surface area contributed by atoms with E-state index < -0.39 is 0 Å². The Bertz CT molecular complexity index is 400. The summed E-state index contributed by atoms with van der Waals surface area (Å²) in [5.74, 6) is 1.75. The summed E-state index contributed by atoms with van der Waals surface area (Å²) in [5.41, 5.74) is 1.24. The molecule has 0 unspecified atom stereocenters. The number of anilines is 1. The quantitative estimate of drug-likeness (QED) is 0.729. The van der Waals surface area contributed by atoms with Crippen LogP contribution in [0.3, 0.4) is 0 Å². The molecule has 2 aliphatic heterocycles. The Hall–Kier alpha value is -1.42. The van der Waals surface area contributed by atoms with E-state index in [0.29, 0.717) is 13.2 Å². The van der Waals surface area contributed by atoms with E-state index in [0.717, 1.165) is 37.7 Å². The standard InChI is InChI=1S/C13H18N2O2/c1-14-4-6-15(7-5-14)11-2-3-12-13(10-11)17-9-8-16-12/h2-3,10H,4-9H2,1H3. The third-order valence-electron chi connectivity index (χ3n) is 3.39. The van der Waals surface area contributed by atoms with Crippen LogP contribution in [0, 0.1) is 0 Å². The average molecular weight is 234 g/mol. The van der Waals surface area contributed by atoms with E-state index >= 15 is 0 Å². The van der Waals surface area contributed by atoms with Crippen LogP contribution in [0.25, 0.3) is 0 Å². The van der Waals surface area contributed by atoms with Crippen molar-refractivity contribution < 1.29 is 9.47 Å². The fraction of sp³-hybridized carbons (Fsp3) is 0.538. The van der Waals surface area contributed by atoms with Gasteiger partial charge in [-0.05, 0) is 19.2 Å². The molecular formula is C13H18N2O2. The zero-order valence-corrected chi connectivity index (χ0v) is 10.2. The number of ether oxygens (including phenoxy) is 2. The SMILES string of the molecule is CN1CCN(c2ccc3c(c2)OCCO3)CC1. The van der Waals surface area contributed by atoms with Crippen LogP contribution in [0.5, 0.6) is 11.5 Å². The van der Waals surface area contributed by atoms with E-state index in [-0.39, 0.29) is 0 Å². The highest BCUT2D eigenvalue weighted by Crippen LogP contribution is 2.34. The second-order valence-corrected chi connectivity index (χ2v) is 4.62. The van der Waals surface area contributed by atoms with Crippen molar-refractivity contribution in [2.75, 3.05) is 51.3 Å². The summed E-state index contributed by atoms with van der Waals surface area (Å²) < 4.78 is 11.1. The molecule has 0 N–H and O–H groups in total. The highest BCUT2D eigenvalue weighted by Gasteiger charge is 2.17. The molecule has 1 aromatic rings. The van der Waals surface area contributed by atoms with Gasteiger partial charge < -0.3 is 19.3 Å². The van der Waals surface area contributed by atoms with Gasteiger partial charge in [-0.15, -0.1) is 0 Å². The van der Waals surface area contributed by atoms with Crippen LogP contribution in [-0.4, -0.2) is 51.3 Å². The fourth-order valence-electron chi connectivity index (χ4n) is 2.29. The second kappa shape index (κ2) is 4.45. The Morgan fingerprint density at radius 1 is 0.941 bits per heavy atom. The number of nitrogens with zero attached hydrogens (tertiary/aromatic N) is 2. The summed E-state index contributed by atoms with van der Waals surface area (Å²) in [5, 5.41) is 0. The zero-order chi connectivity index (χ0) is 11.7. The molecule has 1 aromatic carbocycles. The molecule has 0 aliphatic carbocycles. The van der Waals surface area contributed by atoms with Crippen LogP contribution in [0.4, 0.5) is 5.69 Å². The van der Waals surface area contributed by atoms with Crippen LogP contribution < -0.4 is 14.4 Å². The van der Waals surface area contributed by atoms with E-state index in [4.69, 9.17) is 9.47 Å². The Morgan fingerprint density at radius 3 is 2.41 bits per heavy atom. The van der Waals surface area contributed by atoms with Crippen molar-refractivity contribution in [3.63, 3.8) is 0 Å².